The number of rotatable bonds is 6. The fourth-order valence-electron chi connectivity index (χ4n) is 3.15. The largest absolute Gasteiger partial charge is 0.353 e. The molecule has 1 aliphatic rings. The molecule has 0 radical (unpaired) electrons. The minimum Gasteiger partial charge on any atom is -0.353 e. The Morgan fingerprint density at radius 1 is 1.23 bits per heavy atom. The Bertz CT molecular complexity index is 668. The molecule has 3 rings (SSSR count). The van der Waals surface area contributed by atoms with Crippen LogP contribution in [-0.2, 0) is 11.2 Å². The Labute approximate surface area is 165 Å². The lowest BCUT2D eigenvalue weighted by Crippen LogP contribution is -2.44. The van der Waals surface area contributed by atoms with Crippen molar-refractivity contribution < 1.29 is 9.32 Å². The third kappa shape index (κ3) is 5.93. The van der Waals surface area contributed by atoms with Crippen molar-refractivity contribution in [2.45, 2.75) is 44.6 Å². The van der Waals surface area contributed by atoms with Crippen molar-refractivity contribution in [3.8, 4) is 11.4 Å². The molecule has 0 aliphatic heterocycles. The van der Waals surface area contributed by atoms with Gasteiger partial charge >= 0.3 is 0 Å². The van der Waals surface area contributed by atoms with Crippen LogP contribution < -0.4 is 11.1 Å². The molecule has 9 heteroatoms. The number of carbonyl (C=O) groups excluding carboxylic acids is 1. The normalized spacial score (nSPS) is 19.1. The highest BCUT2D eigenvalue weighted by Crippen LogP contribution is 2.23. The standard InChI is InChI=1S/C17H23N5O2.2ClH/c18-11-13-3-1-2-4-14(13)20-15(23)5-6-16-21-17(22-24-16)12-7-9-19-10-8-12;;/h7-10,13-14H,1-6,11,18H2,(H,20,23);2*1H. The van der Waals surface area contributed by atoms with Crippen molar-refractivity contribution >= 4 is 30.7 Å². The zero-order chi connectivity index (χ0) is 16.8. The first-order valence-electron chi connectivity index (χ1n) is 8.48. The molecule has 2 unspecified atom stereocenters. The van der Waals surface area contributed by atoms with Gasteiger partial charge < -0.3 is 15.6 Å². The SMILES string of the molecule is Cl.Cl.NCC1CCCCC1NC(=O)CCc1nc(-c2ccncc2)no1. The van der Waals surface area contributed by atoms with Gasteiger partial charge in [0.1, 0.15) is 0 Å². The van der Waals surface area contributed by atoms with Gasteiger partial charge in [-0.05, 0) is 37.4 Å². The number of nitrogens with zero attached hydrogens (tertiary/aromatic N) is 3. The van der Waals surface area contributed by atoms with Gasteiger partial charge in [-0.2, -0.15) is 4.98 Å². The maximum absolute atomic E-state index is 12.2. The summed E-state index contributed by atoms with van der Waals surface area (Å²) in [6.07, 6.45) is 8.60. The minimum absolute atomic E-state index is 0. The first kappa shape index (κ1) is 22.3. The van der Waals surface area contributed by atoms with E-state index in [4.69, 9.17) is 10.3 Å². The molecule has 1 fully saturated rings. The molecule has 0 spiro atoms. The van der Waals surface area contributed by atoms with Gasteiger partial charge in [0.05, 0.1) is 0 Å². The van der Waals surface area contributed by atoms with Crippen molar-refractivity contribution in [2.24, 2.45) is 11.7 Å². The number of amides is 1. The third-order valence-corrected chi connectivity index (χ3v) is 4.53. The first-order valence-corrected chi connectivity index (χ1v) is 8.48. The Kier molecular flexibility index (Phi) is 9.54. The van der Waals surface area contributed by atoms with Crippen LogP contribution in [0.15, 0.2) is 29.0 Å². The predicted octanol–water partition coefficient (Wildman–Crippen LogP) is 2.54. The zero-order valence-electron chi connectivity index (χ0n) is 14.5. The van der Waals surface area contributed by atoms with Crippen LogP contribution in [0.5, 0.6) is 0 Å². The fraction of sp³-hybridized carbons (Fsp3) is 0.529. The number of aryl methyl sites for hydroxylation is 1. The number of halogens is 2. The summed E-state index contributed by atoms with van der Waals surface area (Å²) in [5.74, 6) is 1.40. The van der Waals surface area contributed by atoms with Crippen LogP contribution in [0.3, 0.4) is 0 Å². The second-order valence-corrected chi connectivity index (χ2v) is 6.20. The molecular weight excluding hydrogens is 377 g/mol. The molecule has 0 saturated heterocycles. The zero-order valence-corrected chi connectivity index (χ0v) is 16.1. The smallest absolute Gasteiger partial charge is 0.227 e. The van der Waals surface area contributed by atoms with Gasteiger partial charge in [0.2, 0.25) is 17.6 Å². The highest BCUT2D eigenvalue weighted by Gasteiger charge is 2.25. The number of pyridine rings is 1. The van der Waals surface area contributed by atoms with Crippen molar-refractivity contribution in [2.75, 3.05) is 6.54 Å². The number of carbonyl (C=O) groups is 1. The van der Waals surface area contributed by atoms with Gasteiger partial charge in [-0.1, -0.05) is 18.0 Å². The van der Waals surface area contributed by atoms with Gasteiger partial charge in [0.25, 0.3) is 0 Å². The molecule has 3 N–H and O–H groups in total. The summed E-state index contributed by atoms with van der Waals surface area (Å²) in [6.45, 7) is 0.629. The second-order valence-electron chi connectivity index (χ2n) is 6.20. The van der Waals surface area contributed by atoms with E-state index >= 15 is 0 Å². The Morgan fingerprint density at radius 2 is 1.96 bits per heavy atom. The lowest BCUT2D eigenvalue weighted by atomic mass is 9.84. The summed E-state index contributed by atoms with van der Waals surface area (Å²) in [5.41, 5.74) is 6.65. The molecule has 2 aromatic heterocycles. The molecule has 2 heterocycles. The lowest BCUT2D eigenvalue weighted by molar-refractivity contribution is -0.122. The van der Waals surface area contributed by atoms with Crippen LogP contribution >= 0.6 is 24.8 Å². The molecule has 0 aromatic carbocycles. The van der Waals surface area contributed by atoms with Crippen LogP contribution in [0.25, 0.3) is 11.4 Å². The van der Waals surface area contributed by atoms with Crippen molar-refractivity contribution in [1.82, 2.24) is 20.4 Å². The fourth-order valence-corrected chi connectivity index (χ4v) is 3.15. The highest BCUT2D eigenvalue weighted by atomic mass is 35.5. The predicted molar refractivity (Wildman–Crippen MR) is 103 cm³/mol. The maximum atomic E-state index is 12.2. The maximum Gasteiger partial charge on any atom is 0.227 e. The molecule has 2 atom stereocenters. The Hall–Kier alpha value is -1.70. The van der Waals surface area contributed by atoms with Crippen molar-refractivity contribution in [1.29, 1.82) is 0 Å². The molecule has 7 nitrogen and oxygen atoms in total. The van der Waals surface area contributed by atoms with E-state index in [-0.39, 0.29) is 36.8 Å². The summed E-state index contributed by atoms with van der Waals surface area (Å²) in [7, 11) is 0. The molecule has 1 saturated carbocycles. The number of nitrogens with one attached hydrogen (secondary N) is 1. The van der Waals surface area contributed by atoms with Gasteiger partial charge in [-0.3, -0.25) is 9.78 Å². The van der Waals surface area contributed by atoms with Crippen molar-refractivity contribution in [3.63, 3.8) is 0 Å². The van der Waals surface area contributed by atoms with Crippen LogP contribution in [0.2, 0.25) is 0 Å². The topological polar surface area (TPSA) is 107 Å². The molecule has 26 heavy (non-hydrogen) atoms. The Morgan fingerprint density at radius 3 is 2.69 bits per heavy atom. The molecule has 144 valence electrons. The van der Waals surface area contributed by atoms with Gasteiger partial charge in [0.15, 0.2) is 0 Å². The molecule has 0 bridgehead atoms. The Balaban J connectivity index is 0.00000169. The van der Waals surface area contributed by atoms with Gasteiger partial charge in [-0.25, -0.2) is 0 Å². The quantitative estimate of drug-likeness (QED) is 0.769. The van der Waals surface area contributed by atoms with E-state index in [0.717, 1.165) is 24.8 Å². The molecule has 2 aromatic rings. The van der Waals surface area contributed by atoms with Crippen LogP contribution in [0.1, 0.15) is 38.0 Å². The van der Waals surface area contributed by atoms with E-state index < -0.39 is 0 Å². The number of hydrogen-bond acceptors (Lipinski definition) is 6. The second kappa shape index (κ2) is 11.1. The summed E-state index contributed by atoms with van der Waals surface area (Å²) >= 11 is 0. The minimum atomic E-state index is 0. The van der Waals surface area contributed by atoms with E-state index in [2.05, 4.69) is 20.4 Å². The van der Waals surface area contributed by atoms with Gasteiger partial charge in [0, 0.05) is 36.8 Å². The van der Waals surface area contributed by atoms with Gasteiger partial charge in [-0.15, -0.1) is 24.8 Å². The molecule has 1 amide bonds. The first-order chi connectivity index (χ1) is 11.8. The molecule has 1 aliphatic carbocycles. The van der Waals surface area contributed by atoms with Crippen LogP contribution in [0, 0.1) is 5.92 Å². The van der Waals surface area contributed by atoms with E-state index in [1.165, 1.54) is 6.42 Å². The van der Waals surface area contributed by atoms with E-state index in [1.807, 2.05) is 12.1 Å². The van der Waals surface area contributed by atoms with Crippen LogP contribution in [0.4, 0.5) is 0 Å². The number of nitrogens with two attached hydrogens (primary N) is 1. The van der Waals surface area contributed by atoms with E-state index in [1.54, 1.807) is 12.4 Å². The average Bonchev–Trinajstić information content (AvgIpc) is 3.10. The van der Waals surface area contributed by atoms with Crippen LogP contribution in [-0.4, -0.2) is 33.6 Å². The lowest BCUT2D eigenvalue weighted by Gasteiger charge is -2.31. The summed E-state index contributed by atoms with van der Waals surface area (Å²) in [4.78, 5) is 20.5. The van der Waals surface area contributed by atoms with E-state index in [0.29, 0.717) is 37.0 Å². The van der Waals surface area contributed by atoms with Crippen molar-refractivity contribution in [3.05, 3.63) is 30.4 Å². The summed E-state index contributed by atoms with van der Waals surface area (Å²) < 4.78 is 5.22. The monoisotopic (exact) mass is 401 g/mol. The molecular formula is C17H25Cl2N5O2. The summed E-state index contributed by atoms with van der Waals surface area (Å²) in [5, 5.41) is 7.05. The number of hydrogen-bond donors (Lipinski definition) is 2. The third-order valence-electron chi connectivity index (χ3n) is 4.53. The summed E-state index contributed by atoms with van der Waals surface area (Å²) in [6, 6.07) is 3.83. The number of aromatic nitrogens is 3. The average molecular weight is 402 g/mol. The highest BCUT2D eigenvalue weighted by molar-refractivity contribution is 5.85. The van der Waals surface area contributed by atoms with E-state index in [9.17, 15) is 4.79 Å².